The molecule has 1 aliphatic heterocycles. The van der Waals surface area contributed by atoms with Gasteiger partial charge in [0.05, 0.1) is 18.7 Å². The van der Waals surface area contributed by atoms with Crippen molar-refractivity contribution in [3.8, 4) is 17.4 Å². The number of anilines is 1. The van der Waals surface area contributed by atoms with Crippen LogP contribution in [0, 0.1) is 0 Å². The van der Waals surface area contributed by atoms with Crippen molar-refractivity contribution in [2.75, 3.05) is 25.5 Å². The van der Waals surface area contributed by atoms with Gasteiger partial charge in [0.25, 0.3) is 0 Å². The summed E-state index contributed by atoms with van der Waals surface area (Å²) in [6.07, 6.45) is 3.22. The molecule has 27 heavy (non-hydrogen) atoms. The molecule has 0 saturated carbocycles. The number of nitrogens with one attached hydrogen (secondary N) is 1. The minimum Gasteiger partial charge on any atom is -0.495 e. The molecule has 0 aliphatic carbocycles. The summed E-state index contributed by atoms with van der Waals surface area (Å²) in [4.78, 5) is 26.5. The van der Waals surface area contributed by atoms with E-state index >= 15 is 0 Å². The van der Waals surface area contributed by atoms with Gasteiger partial charge in [-0.2, -0.15) is 4.98 Å². The van der Waals surface area contributed by atoms with Crippen LogP contribution in [0.4, 0.5) is 10.5 Å². The van der Waals surface area contributed by atoms with Crippen LogP contribution in [0.1, 0.15) is 11.8 Å². The molecule has 1 fully saturated rings. The van der Waals surface area contributed by atoms with Crippen LogP contribution >= 0.6 is 11.6 Å². The van der Waals surface area contributed by atoms with Crippen LogP contribution in [0.5, 0.6) is 5.75 Å². The maximum atomic E-state index is 12.4. The van der Waals surface area contributed by atoms with Crippen LogP contribution in [0.3, 0.4) is 0 Å². The van der Waals surface area contributed by atoms with Crippen molar-refractivity contribution in [2.24, 2.45) is 0 Å². The summed E-state index contributed by atoms with van der Waals surface area (Å²) in [6, 6.07) is 6.49. The Morgan fingerprint density at radius 2 is 2.07 bits per heavy atom. The first-order chi connectivity index (χ1) is 13.1. The van der Waals surface area contributed by atoms with E-state index in [1.54, 1.807) is 41.6 Å². The van der Waals surface area contributed by atoms with Gasteiger partial charge < -0.3 is 19.5 Å². The number of methoxy groups -OCH3 is 1. The van der Waals surface area contributed by atoms with Gasteiger partial charge in [-0.1, -0.05) is 16.8 Å². The zero-order valence-electron chi connectivity index (χ0n) is 14.3. The van der Waals surface area contributed by atoms with Crippen molar-refractivity contribution in [2.45, 2.75) is 5.92 Å². The molecule has 10 heteroatoms. The Balaban J connectivity index is 1.38. The zero-order valence-corrected chi connectivity index (χ0v) is 15.1. The molecule has 0 atom stereocenters. The third-order valence-electron chi connectivity index (χ3n) is 4.13. The van der Waals surface area contributed by atoms with Gasteiger partial charge in [-0.25, -0.2) is 14.8 Å². The van der Waals surface area contributed by atoms with Crippen LogP contribution in [0.25, 0.3) is 11.6 Å². The number of carbonyl (C=O) groups excluding carboxylic acids is 1. The number of likely N-dealkylation sites (tertiary alicyclic amines) is 1. The molecule has 4 rings (SSSR count). The second-order valence-electron chi connectivity index (χ2n) is 5.91. The molecule has 1 saturated heterocycles. The molecule has 2 aromatic heterocycles. The van der Waals surface area contributed by atoms with E-state index in [1.807, 2.05) is 0 Å². The number of hydrogen-bond donors (Lipinski definition) is 1. The minimum atomic E-state index is -0.252. The number of urea groups is 1. The Morgan fingerprint density at radius 1 is 1.30 bits per heavy atom. The number of benzene rings is 1. The molecular formula is C17H15ClN6O3. The highest BCUT2D eigenvalue weighted by Crippen LogP contribution is 2.30. The standard InChI is InChI=1S/C17H15ClN6O3/c1-26-13-4-3-11(18)7-12(13)21-17(25)24-8-10(9-24)16-22-15(23-27-16)14-19-5-2-6-20-14/h2-7,10H,8-9H2,1H3,(H,21,25). The van der Waals surface area contributed by atoms with Gasteiger partial charge in [0, 0.05) is 30.5 Å². The van der Waals surface area contributed by atoms with E-state index in [2.05, 4.69) is 25.4 Å². The fourth-order valence-electron chi connectivity index (χ4n) is 2.68. The Kier molecular flexibility index (Phi) is 4.59. The summed E-state index contributed by atoms with van der Waals surface area (Å²) >= 11 is 5.98. The lowest BCUT2D eigenvalue weighted by atomic mass is 10.0. The number of nitrogens with zero attached hydrogens (tertiary/aromatic N) is 5. The topological polar surface area (TPSA) is 106 Å². The average Bonchev–Trinajstić information content (AvgIpc) is 3.11. The lowest BCUT2D eigenvalue weighted by Crippen LogP contribution is -2.50. The fraction of sp³-hybridized carbons (Fsp3) is 0.235. The van der Waals surface area contributed by atoms with Crippen LogP contribution in [0.15, 0.2) is 41.2 Å². The van der Waals surface area contributed by atoms with Crippen LogP contribution in [0.2, 0.25) is 5.02 Å². The van der Waals surface area contributed by atoms with E-state index in [0.717, 1.165) is 0 Å². The van der Waals surface area contributed by atoms with E-state index in [0.29, 0.717) is 47.1 Å². The van der Waals surface area contributed by atoms with E-state index < -0.39 is 0 Å². The van der Waals surface area contributed by atoms with Gasteiger partial charge in [0.15, 0.2) is 0 Å². The van der Waals surface area contributed by atoms with Gasteiger partial charge in [-0.15, -0.1) is 0 Å². The summed E-state index contributed by atoms with van der Waals surface area (Å²) in [5, 5.41) is 7.20. The summed E-state index contributed by atoms with van der Waals surface area (Å²) in [5.74, 6) is 1.70. The highest BCUT2D eigenvalue weighted by molar-refractivity contribution is 6.31. The Hall–Kier alpha value is -3.20. The monoisotopic (exact) mass is 386 g/mol. The molecule has 0 bridgehead atoms. The predicted molar refractivity (Wildman–Crippen MR) is 96.7 cm³/mol. The highest BCUT2D eigenvalue weighted by Gasteiger charge is 2.36. The molecule has 0 unspecified atom stereocenters. The number of carbonyl (C=O) groups is 1. The molecule has 2 amide bonds. The predicted octanol–water partition coefficient (Wildman–Crippen LogP) is 2.82. The summed E-state index contributed by atoms with van der Waals surface area (Å²) in [6.45, 7) is 0.929. The first-order valence-electron chi connectivity index (χ1n) is 8.14. The Bertz CT molecular complexity index is 958. The van der Waals surface area contributed by atoms with Crippen molar-refractivity contribution in [1.82, 2.24) is 25.0 Å². The van der Waals surface area contributed by atoms with Crippen LogP contribution in [-0.4, -0.2) is 51.2 Å². The first kappa shape index (κ1) is 17.2. The lowest BCUT2D eigenvalue weighted by molar-refractivity contribution is 0.147. The Labute approximate surface area is 159 Å². The molecule has 1 aromatic carbocycles. The summed E-state index contributed by atoms with van der Waals surface area (Å²) in [5.41, 5.74) is 0.514. The number of ether oxygens (including phenoxy) is 1. The van der Waals surface area contributed by atoms with Gasteiger partial charge in [0.1, 0.15) is 5.75 Å². The molecular weight excluding hydrogens is 372 g/mol. The van der Waals surface area contributed by atoms with Crippen molar-refractivity contribution in [3.05, 3.63) is 47.6 Å². The maximum absolute atomic E-state index is 12.4. The number of hydrogen-bond acceptors (Lipinski definition) is 7. The largest absolute Gasteiger partial charge is 0.495 e. The number of rotatable bonds is 4. The molecule has 138 valence electrons. The molecule has 3 aromatic rings. The highest BCUT2D eigenvalue weighted by atomic mass is 35.5. The number of aromatic nitrogens is 4. The molecule has 3 heterocycles. The van der Waals surface area contributed by atoms with Crippen molar-refractivity contribution in [3.63, 3.8) is 0 Å². The van der Waals surface area contributed by atoms with Gasteiger partial charge in [-0.05, 0) is 24.3 Å². The van der Waals surface area contributed by atoms with Crippen LogP contribution < -0.4 is 10.1 Å². The average molecular weight is 387 g/mol. The van der Waals surface area contributed by atoms with Crippen molar-refractivity contribution < 1.29 is 14.1 Å². The third kappa shape index (κ3) is 3.54. The van der Waals surface area contributed by atoms with Gasteiger partial charge >= 0.3 is 6.03 Å². The Morgan fingerprint density at radius 3 is 2.81 bits per heavy atom. The second-order valence-corrected chi connectivity index (χ2v) is 6.34. The normalized spacial score (nSPS) is 13.9. The van der Waals surface area contributed by atoms with Gasteiger partial charge in [0.2, 0.25) is 17.5 Å². The van der Waals surface area contributed by atoms with E-state index in [1.165, 1.54) is 7.11 Å². The molecule has 1 aliphatic rings. The van der Waals surface area contributed by atoms with E-state index in [4.69, 9.17) is 20.9 Å². The number of amides is 2. The third-order valence-corrected chi connectivity index (χ3v) is 4.36. The zero-order chi connectivity index (χ0) is 18.8. The quantitative estimate of drug-likeness (QED) is 0.734. The number of halogens is 1. The minimum absolute atomic E-state index is 0.0260. The van der Waals surface area contributed by atoms with Crippen molar-refractivity contribution >= 4 is 23.3 Å². The van der Waals surface area contributed by atoms with E-state index in [9.17, 15) is 4.79 Å². The molecule has 1 N–H and O–H groups in total. The molecule has 0 spiro atoms. The second kappa shape index (κ2) is 7.20. The SMILES string of the molecule is COc1ccc(Cl)cc1NC(=O)N1CC(c2nc(-c3ncccn3)no2)C1. The van der Waals surface area contributed by atoms with E-state index in [-0.39, 0.29) is 11.9 Å². The first-order valence-corrected chi connectivity index (χ1v) is 8.52. The molecule has 9 nitrogen and oxygen atoms in total. The lowest BCUT2D eigenvalue weighted by Gasteiger charge is -2.36. The van der Waals surface area contributed by atoms with Gasteiger partial charge in [-0.3, -0.25) is 0 Å². The maximum Gasteiger partial charge on any atom is 0.321 e. The summed E-state index contributed by atoms with van der Waals surface area (Å²) < 4.78 is 10.5. The smallest absolute Gasteiger partial charge is 0.321 e. The summed E-state index contributed by atoms with van der Waals surface area (Å²) in [7, 11) is 1.53. The van der Waals surface area contributed by atoms with Crippen LogP contribution in [-0.2, 0) is 0 Å². The fourth-order valence-corrected chi connectivity index (χ4v) is 2.85. The molecule has 0 radical (unpaired) electrons. The van der Waals surface area contributed by atoms with Crippen molar-refractivity contribution in [1.29, 1.82) is 0 Å².